The van der Waals surface area contributed by atoms with Crippen LogP contribution in [0.25, 0.3) is 0 Å². The number of nitrogens with zero attached hydrogens (tertiary/aromatic N) is 2. The Hall–Kier alpha value is -0.520. The fraction of sp³-hybridized carbons (Fsp3) is 0.812. The summed E-state index contributed by atoms with van der Waals surface area (Å²) in [5.41, 5.74) is 9.11. The van der Waals surface area contributed by atoms with Crippen LogP contribution < -0.4 is 5.73 Å². The zero-order valence-electron chi connectivity index (χ0n) is 13.2. The van der Waals surface area contributed by atoms with Gasteiger partial charge in [0, 0.05) is 24.9 Å². The standard InChI is InChI=1S/C16H27N3OS/c1-3-13-9-14(19(4-2)18-13)15(17)12-5-7-20-16(10-12)6-8-21-11-16/h9,12,15H,3-8,10-11,17H2,1-2H3. The van der Waals surface area contributed by atoms with Crippen LogP contribution in [0.15, 0.2) is 6.07 Å². The first-order valence-corrected chi connectivity index (χ1v) is 9.37. The van der Waals surface area contributed by atoms with E-state index in [1.165, 1.54) is 17.9 Å². The third kappa shape index (κ3) is 3.01. The molecule has 0 bridgehead atoms. The molecular formula is C16H27N3OS. The first-order valence-electron chi connectivity index (χ1n) is 8.21. The predicted octanol–water partition coefficient (Wildman–Crippen LogP) is 2.77. The average molecular weight is 309 g/mol. The van der Waals surface area contributed by atoms with E-state index in [1.807, 2.05) is 11.8 Å². The average Bonchev–Trinajstić information content (AvgIpc) is 3.13. The highest BCUT2D eigenvalue weighted by atomic mass is 32.2. The molecule has 0 amide bonds. The van der Waals surface area contributed by atoms with Crippen molar-refractivity contribution in [1.29, 1.82) is 0 Å². The van der Waals surface area contributed by atoms with Crippen LogP contribution in [0.4, 0.5) is 0 Å². The molecule has 4 nitrogen and oxygen atoms in total. The van der Waals surface area contributed by atoms with Crippen molar-refractivity contribution >= 4 is 11.8 Å². The van der Waals surface area contributed by atoms with E-state index in [-0.39, 0.29) is 11.6 Å². The highest BCUT2D eigenvalue weighted by Gasteiger charge is 2.42. The van der Waals surface area contributed by atoms with Crippen molar-refractivity contribution in [3.63, 3.8) is 0 Å². The van der Waals surface area contributed by atoms with Crippen LogP contribution in [0.1, 0.15) is 50.5 Å². The second-order valence-electron chi connectivity index (χ2n) is 6.34. The maximum atomic E-state index is 6.64. The van der Waals surface area contributed by atoms with E-state index < -0.39 is 0 Å². The second-order valence-corrected chi connectivity index (χ2v) is 7.45. The Kier molecular flexibility index (Phi) is 4.62. The van der Waals surface area contributed by atoms with Gasteiger partial charge in [0.15, 0.2) is 0 Å². The molecule has 0 aliphatic carbocycles. The smallest absolute Gasteiger partial charge is 0.0783 e. The summed E-state index contributed by atoms with van der Waals surface area (Å²) in [6.45, 7) is 6.05. The highest BCUT2D eigenvalue weighted by Crippen LogP contribution is 2.43. The van der Waals surface area contributed by atoms with Crippen LogP contribution in [0.3, 0.4) is 0 Å². The lowest BCUT2D eigenvalue weighted by Crippen LogP contribution is -2.43. The van der Waals surface area contributed by atoms with Gasteiger partial charge in [-0.3, -0.25) is 4.68 Å². The quantitative estimate of drug-likeness (QED) is 0.929. The minimum atomic E-state index is 0.0872. The molecule has 5 heteroatoms. The van der Waals surface area contributed by atoms with Gasteiger partial charge in [-0.25, -0.2) is 0 Å². The van der Waals surface area contributed by atoms with Gasteiger partial charge >= 0.3 is 0 Å². The fourth-order valence-corrected chi connectivity index (χ4v) is 5.04. The van der Waals surface area contributed by atoms with E-state index in [9.17, 15) is 0 Å². The topological polar surface area (TPSA) is 53.1 Å². The van der Waals surface area contributed by atoms with Crippen molar-refractivity contribution in [2.75, 3.05) is 18.1 Å². The maximum absolute atomic E-state index is 6.64. The summed E-state index contributed by atoms with van der Waals surface area (Å²) in [4.78, 5) is 0. The van der Waals surface area contributed by atoms with Gasteiger partial charge < -0.3 is 10.5 Å². The van der Waals surface area contributed by atoms with Crippen LogP contribution >= 0.6 is 11.8 Å². The molecule has 2 N–H and O–H groups in total. The van der Waals surface area contributed by atoms with Gasteiger partial charge in [-0.05, 0) is 50.3 Å². The van der Waals surface area contributed by atoms with E-state index in [1.54, 1.807) is 0 Å². The lowest BCUT2D eigenvalue weighted by molar-refractivity contribution is -0.0837. The molecule has 1 spiro atoms. The van der Waals surface area contributed by atoms with E-state index in [4.69, 9.17) is 10.5 Å². The fourth-order valence-electron chi connectivity index (χ4n) is 3.66. The van der Waals surface area contributed by atoms with Crippen molar-refractivity contribution in [1.82, 2.24) is 9.78 Å². The zero-order valence-corrected chi connectivity index (χ0v) is 14.0. The van der Waals surface area contributed by atoms with E-state index in [0.717, 1.165) is 43.9 Å². The molecule has 3 heterocycles. The summed E-state index contributed by atoms with van der Waals surface area (Å²) in [7, 11) is 0. The minimum absolute atomic E-state index is 0.0872. The molecule has 0 radical (unpaired) electrons. The molecule has 21 heavy (non-hydrogen) atoms. The van der Waals surface area contributed by atoms with Crippen LogP contribution in [0.2, 0.25) is 0 Å². The lowest BCUT2D eigenvalue weighted by atomic mass is 9.80. The third-order valence-corrected chi connectivity index (χ3v) is 6.19. The number of hydrogen-bond donors (Lipinski definition) is 1. The zero-order chi connectivity index (χ0) is 14.9. The lowest BCUT2D eigenvalue weighted by Gasteiger charge is -2.40. The molecule has 3 rings (SSSR count). The Morgan fingerprint density at radius 1 is 1.57 bits per heavy atom. The van der Waals surface area contributed by atoms with Gasteiger partial charge in [-0.2, -0.15) is 16.9 Å². The molecular weight excluding hydrogens is 282 g/mol. The SMILES string of the molecule is CCc1cc(C(N)C2CCOC3(CCSC3)C2)n(CC)n1. The number of nitrogens with two attached hydrogens (primary N) is 1. The first kappa shape index (κ1) is 15.4. The number of ether oxygens (including phenoxy) is 1. The third-order valence-electron chi connectivity index (χ3n) is 4.97. The number of rotatable bonds is 4. The Balaban J connectivity index is 1.77. The summed E-state index contributed by atoms with van der Waals surface area (Å²) < 4.78 is 8.22. The molecule has 2 aliphatic rings. The summed E-state index contributed by atoms with van der Waals surface area (Å²) >= 11 is 2.02. The van der Waals surface area contributed by atoms with Gasteiger partial charge in [0.2, 0.25) is 0 Å². The molecule has 2 saturated heterocycles. The largest absolute Gasteiger partial charge is 0.374 e. The molecule has 0 saturated carbocycles. The molecule has 1 aromatic rings. The number of aromatic nitrogens is 2. The molecule has 2 aliphatic heterocycles. The summed E-state index contributed by atoms with van der Waals surface area (Å²) in [6, 6.07) is 2.30. The second kappa shape index (κ2) is 6.31. The Morgan fingerprint density at radius 3 is 3.10 bits per heavy atom. The van der Waals surface area contributed by atoms with Gasteiger partial charge in [-0.15, -0.1) is 0 Å². The number of thioether (sulfide) groups is 1. The van der Waals surface area contributed by atoms with E-state index >= 15 is 0 Å². The van der Waals surface area contributed by atoms with Crippen LogP contribution in [-0.2, 0) is 17.7 Å². The Morgan fingerprint density at radius 2 is 2.43 bits per heavy atom. The van der Waals surface area contributed by atoms with Crippen LogP contribution in [0, 0.1) is 5.92 Å². The normalized spacial score (nSPS) is 30.9. The predicted molar refractivity (Wildman–Crippen MR) is 87.6 cm³/mol. The van der Waals surface area contributed by atoms with Gasteiger partial charge in [0.05, 0.1) is 17.0 Å². The Bertz CT molecular complexity index is 482. The molecule has 118 valence electrons. The molecule has 3 unspecified atom stereocenters. The highest BCUT2D eigenvalue weighted by molar-refractivity contribution is 7.99. The summed E-state index contributed by atoms with van der Waals surface area (Å²) in [5.74, 6) is 2.89. The van der Waals surface area contributed by atoms with Crippen molar-refractivity contribution in [3.05, 3.63) is 17.5 Å². The van der Waals surface area contributed by atoms with Gasteiger partial charge in [0.25, 0.3) is 0 Å². The molecule has 3 atom stereocenters. The number of hydrogen-bond acceptors (Lipinski definition) is 4. The van der Waals surface area contributed by atoms with Crippen molar-refractivity contribution < 1.29 is 4.74 Å². The monoisotopic (exact) mass is 309 g/mol. The Labute approximate surface area is 131 Å². The van der Waals surface area contributed by atoms with Gasteiger partial charge in [-0.1, -0.05) is 6.92 Å². The molecule has 0 aromatic carbocycles. The van der Waals surface area contributed by atoms with Crippen molar-refractivity contribution in [2.45, 2.75) is 57.7 Å². The molecule has 2 fully saturated rings. The molecule has 1 aromatic heterocycles. The van der Waals surface area contributed by atoms with Gasteiger partial charge in [0.1, 0.15) is 0 Å². The van der Waals surface area contributed by atoms with E-state index in [2.05, 4.69) is 29.7 Å². The number of aryl methyl sites for hydroxylation is 2. The summed E-state index contributed by atoms with van der Waals surface area (Å²) in [5, 5.41) is 4.65. The van der Waals surface area contributed by atoms with Crippen molar-refractivity contribution in [2.24, 2.45) is 11.7 Å². The maximum Gasteiger partial charge on any atom is 0.0783 e. The van der Waals surface area contributed by atoms with Crippen LogP contribution in [0.5, 0.6) is 0 Å². The van der Waals surface area contributed by atoms with Crippen molar-refractivity contribution in [3.8, 4) is 0 Å². The summed E-state index contributed by atoms with van der Waals surface area (Å²) in [6.07, 6.45) is 4.34. The van der Waals surface area contributed by atoms with Crippen LogP contribution in [-0.4, -0.2) is 33.5 Å². The van der Waals surface area contributed by atoms with E-state index in [0.29, 0.717) is 5.92 Å². The first-order chi connectivity index (χ1) is 10.2. The minimum Gasteiger partial charge on any atom is -0.374 e.